The molecule has 0 unspecified atom stereocenters. The van der Waals surface area contributed by atoms with E-state index in [1.54, 1.807) is 0 Å². The summed E-state index contributed by atoms with van der Waals surface area (Å²) in [6.45, 7) is 0. The molecule has 3 nitrogen and oxygen atoms in total. The molecule has 124 valence electrons. The monoisotopic (exact) mass is 337 g/mol. The number of rotatable bonds is 3. The molecule has 0 amide bonds. The maximum atomic E-state index is 12.3. The number of alkyl halides is 6. The summed E-state index contributed by atoms with van der Waals surface area (Å²) < 4.78 is 81.1. The molecule has 0 heterocycles. The van der Waals surface area contributed by atoms with Crippen molar-refractivity contribution in [3.05, 3.63) is 42.5 Å². The van der Waals surface area contributed by atoms with Crippen LogP contribution in [0.2, 0.25) is 0 Å². The van der Waals surface area contributed by atoms with Crippen LogP contribution in [0.25, 0.3) is 11.1 Å². The SMILES string of the molecule is Nc1ccc(-c2cc(OC(F)(F)F)cc(OC(F)(F)F)c2)cc1. The number of anilines is 1. The van der Waals surface area contributed by atoms with Gasteiger partial charge in [0.15, 0.2) is 0 Å². The minimum atomic E-state index is -5.05. The van der Waals surface area contributed by atoms with Crippen LogP contribution < -0.4 is 15.2 Å². The van der Waals surface area contributed by atoms with Crippen LogP contribution in [0.15, 0.2) is 42.5 Å². The topological polar surface area (TPSA) is 44.5 Å². The zero-order chi connectivity index (χ0) is 17.3. The number of benzene rings is 2. The van der Waals surface area contributed by atoms with E-state index in [-0.39, 0.29) is 5.56 Å². The zero-order valence-electron chi connectivity index (χ0n) is 11.2. The third-order valence-electron chi connectivity index (χ3n) is 2.59. The first-order valence-corrected chi connectivity index (χ1v) is 6.04. The lowest BCUT2D eigenvalue weighted by molar-refractivity contribution is -0.276. The first-order valence-electron chi connectivity index (χ1n) is 6.04. The fraction of sp³-hybridized carbons (Fsp3) is 0.143. The third kappa shape index (κ3) is 5.28. The fourth-order valence-electron chi connectivity index (χ4n) is 1.80. The van der Waals surface area contributed by atoms with Gasteiger partial charge >= 0.3 is 12.7 Å². The van der Waals surface area contributed by atoms with Gasteiger partial charge in [0.1, 0.15) is 11.5 Å². The Bertz CT molecular complexity index is 645. The van der Waals surface area contributed by atoms with Crippen molar-refractivity contribution in [2.45, 2.75) is 12.7 Å². The summed E-state index contributed by atoms with van der Waals surface area (Å²) in [4.78, 5) is 0. The minimum Gasteiger partial charge on any atom is -0.406 e. The predicted molar refractivity (Wildman–Crippen MR) is 69.7 cm³/mol. The normalized spacial score (nSPS) is 12.1. The van der Waals surface area contributed by atoms with Gasteiger partial charge in [-0.25, -0.2) is 0 Å². The molecule has 0 atom stereocenters. The molecule has 2 rings (SSSR count). The summed E-state index contributed by atoms with van der Waals surface area (Å²) in [7, 11) is 0. The molecule has 2 aromatic rings. The lowest BCUT2D eigenvalue weighted by atomic mass is 10.0. The van der Waals surface area contributed by atoms with Gasteiger partial charge in [0.2, 0.25) is 0 Å². The van der Waals surface area contributed by atoms with E-state index in [1.807, 2.05) is 0 Å². The van der Waals surface area contributed by atoms with E-state index in [4.69, 9.17) is 5.73 Å². The van der Waals surface area contributed by atoms with E-state index < -0.39 is 24.2 Å². The molecule has 2 N–H and O–H groups in total. The number of halogens is 6. The van der Waals surface area contributed by atoms with E-state index in [0.29, 0.717) is 17.3 Å². The Morgan fingerprint density at radius 3 is 1.48 bits per heavy atom. The van der Waals surface area contributed by atoms with Crippen molar-refractivity contribution in [1.82, 2.24) is 0 Å². The second-order valence-electron chi connectivity index (χ2n) is 4.41. The number of hydrogen-bond acceptors (Lipinski definition) is 3. The first-order chi connectivity index (χ1) is 10.5. The molecule has 0 aliphatic heterocycles. The Morgan fingerprint density at radius 1 is 0.652 bits per heavy atom. The summed E-state index contributed by atoms with van der Waals surface area (Å²) in [5.41, 5.74) is 6.27. The molecule has 0 aliphatic carbocycles. The molecule has 0 bridgehead atoms. The Labute approximate surface area is 126 Å². The molecular weight excluding hydrogens is 328 g/mol. The number of nitrogens with two attached hydrogens (primary N) is 1. The van der Waals surface area contributed by atoms with E-state index in [2.05, 4.69) is 9.47 Å². The van der Waals surface area contributed by atoms with E-state index >= 15 is 0 Å². The summed E-state index contributed by atoms with van der Waals surface area (Å²) in [5, 5.41) is 0. The van der Waals surface area contributed by atoms with Gasteiger partial charge in [-0.05, 0) is 35.4 Å². The Morgan fingerprint density at radius 2 is 1.09 bits per heavy atom. The maximum Gasteiger partial charge on any atom is 0.573 e. The maximum absolute atomic E-state index is 12.3. The van der Waals surface area contributed by atoms with Crippen LogP contribution >= 0.6 is 0 Å². The van der Waals surface area contributed by atoms with Crippen molar-refractivity contribution in [2.75, 3.05) is 5.73 Å². The summed E-state index contributed by atoms with van der Waals surface area (Å²) in [5.74, 6) is -1.66. The van der Waals surface area contributed by atoms with Crippen molar-refractivity contribution < 1.29 is 35.8 Å². The van der Waals surface area contributed by atoms with E-state index in [0.717, 1.165) is 12.1 Å². The lowest BCUT2D eigenvalue weighted by Crippen LogP contribution is -2.19. The lowest BCUT2D eigenvalue weighted by Gasteiger charge is -2.14. The van der Waals surface area contributed by atoms with Crippen LogP contribution in [0.3, 0.4) is 0 Å². The molecule has 0 fully saturated rings. The van der Waals surface area contributed by atoms with Crippen molar-refractivity contribution in [1.29, 1.82) is 0 Å². The Kier molecular flexibility index (Phi) is 4.31. The standard InChI is InChI=1S/C14H9F6NO2/c15-13(16,17)22-11-5-9(8-1-3-10(21)4-2-8)6-12(7-11)23-14(18,19)20/h1-7H,21H2. The van der Waals surface area contributed by atoms with Crippen LogP contribution in [0.4, 0.5) is 32.0 Å². The van der Waals surface area contributed by atoms with Gasteiger partial charge < -0.3 is 15.2 Å². The van der Waals surface area contributed by atoms with E-state index in [1.165, 1.54) is 24.3 Å². The van der Waals surface area contributed by atoms with Crippen molar-refractivity contribution in [2.24, 2.45) is 0 Å². The largest absolute Gasteiger partial charge is 0.573 e. The van der Waals surface area contributed by atoms with Crippen molar-refractivity contribution in [3.8, 4) is 22.6 Å². The van der Waals surface area contributed by atoms with Gasteiger partial charge in [-0.2, -0.15) is 0 Å². The highest BCUT2D eigenvalue weighted by Gasteiger charge is 2.34. The van der Waals surface area contributed by atoms with Crippen LogP contribution in [-0.4, -0.2) is 12.7 Å². The number of ether oxygens (including phenoxy) is 2. The van der Waals surface area contributed by atoms with Crippen LogP contribution in [0, 0.1) is 0 Å². The van der Waals surface area contributed by atoms with Crippen molar-refractivity contribution >= 4 is 5.69 Å². The average Bonchev–Trinajstić information content (AvgIpc) is 2.34. The molecule has 0 aromatic heterocycles. The average molecular weight is 337 g/mol. The molecular formula is C14H9F6NO2. The van der Waals surface area contributed by atoms with Gasteiger partial charge in [0.05, 0.1) is 0 Å². The highest BCUT2D eigenvalue weighted by Crippen LogP contribution is 2.35. The van der Waals surface area contributed by atoms with E-state index in [9.17, 15) is 26.3 Å². The molecule has 0 saturated carbocycles. The van der Waals surface area contributed by atoms with Crippen molar-refractivity contribution in [3.63, 3.8) is 0 Å². The highest BCUT2D eigenvalue weighted by atomic mass is 19.4. The molecule has 0 saturated heterocycles. The first kappa shape index (κ1) is 16.8. The zero-order valence-corrected chi connectivity index (χ0v) is 11.2. The quantitative estimate of drug-likeness (QED) is 0.650. The molecule has 0 aliphatic rings. The van der Waals surface area contributed by atoms with Gasteiger partial charge in [-0.3, -0.25) is 0 Å². The third-order valence-corrected chi connectivity index (χ3v) is 2.59. The second kappa shape index (κ2) is 5.90. The van der Waals surface area contributed by atoms with Crippen LogP contribution in [-0.2, 0) is 0 Å². The summed E-state index contributed by atoms with van der Waals surface area (Å²) in [6.07, 6.45) is -10.1. The summed E-state index contributed by atoms with van der Waals surface area (Å²) in [6, 6.07) is 8.19. The fourth-order valence-corrected chi connectivity index (χ4v) is 1.80. The highest BCUT2D eigenvalue weighted by molar-refractivity contribution is 5.68. The molecule has 0 spiro atoms. The molecule has 23 heavy (non-hydrogen) atoms. The minimum absolute atomic E-state index is 0.0472. The second-order valence-corrected chi connectivity index (χ2v) is 4.41. The molecule has 0 radical (unpaired) electrons. The van der Waals surface area contributed by atoms with Gasteiger partial charge in [-0.15, -0.1) is 26.3 Å². The molecule has 2 aromatic carbocycles. The number of hydrogen-bond donors (Lipinski definition) is 1. The smallest absolute Gasteiger partial charge is 0.406 e. The number of nitrogen functional groups attached to an aromatic ring is 1. The molecule has 9 heteroatoms. The van der Waals surface area contributed by atoms with Gasteiger partial charge in [-0.1, -0.05) is 12.1 Å². The Hall–Kier alpha value is -2.58. The summed E-state index contributed by atoms with van der Waals surface area (Å²) >= 11 is 0. The predicted octanol–water partition coefficient (Wildman–Crippen LogP) is 4.73. The Balaban J connectivity index is 2.45. The van der Waals surface area contributed by atoms with Crippen LogP contribution in [0.1, 0.15) is 0 Å². The van der Waals surface area contributed by atoms with Gasteiger partial charge in [0, 0.05) is 11.8 Å². The van der Waals surface area contributed by atoms with Gasteiger partial charge in [0.25, 0.3) is 0 Å². The van der Waals surface area contributed by atoms with Crippen LogP contribution in [0.5, 0.6) is 11.5 Å².